The third-order valence-corrected chi connectivity index (χ3v) is 6.07. The van der Waals surface area contributed by atoms with Crippen molar-refractivity contribution in [1.82, 2.24) is 4.31 Å². The second-order valence-electron chi connectivity index (χ2n) is 5.93. The predicted octanol–water partition coefficient (Wildman–Crippen LogP) is 2.72. The summed E-state index contributed by atoms with van der Waals surface area (Å²) in [5.41, 5.74) is 1.29. The number of hydrogen-bond acceptors (Lipinski definition) is 4. The van der Waals surface area contributed by atoms with E-state index in [1.807, 2.05) is 18.2 Å². The van der Waals surface area contributed by atoms with E-state index in [-0.39, 0.29) is 0 Å². The first-order valence-corrected chi connectivity index (χ1v) is 9.95. The first kappa shape index (κ1) is 17.9. The molecule has 25 heavy (non-hydrogen) atoms. The van der Waals surface area contributed by atoms with Gasteiger partial charge in [0.1, 0.15) is 5.75 Å². The second kappa shape index (κ2) is 8.47. The molecule has 1 saturated heterocycles. The third kappa shape index (κ3) is 4.81. The zero-order valence-corrected chi connectivity index (χ0v) is 15.0. The maximum absolute atomic E-state index is 12.5. The van der Waals surface area contributed by atoms with E-state index >= 15 is 0 Å². The van der Waals surface area contributed by atoms with Crippen molar-refractivity contribution in [3.63, 3.8) is 0 Å². The lowest BCUT2D eigenvalue weighted by atomic mass is 10.1. The van der Waals surface area contributed by atoms with Crippen LogP contribution in [0.15, 0.2) is 59.5 Å². The highest BCUT2D eigenvalue weighted by atomic mass is 32.2. The molecule has 1 aliphatic heterocycles. The third-order valence-electron chi connectivity index (χ3n) is 4.15. The van der Waals surface area contributed by atoms with E-state index in [0.717, 1.165) is 12.8 Å². The van der Waals surface area contributed by atoms with Gasteiger partial charge in [-0.25, -0.2) is 8.42 Å². The van der Waals surface area contributed by atoms with Crippen molar-refractivity contribution in [3.05, 3.63) is 60.2 Å². The number of hydrogen-bond donors (Lipinski definition) is 0. The smallest absolute Gasteiger partial charge is 0.243 e. The summed E-state index contributed by atoms with van der Waals surface area (Å²) in [6.07, 6.45) is 1.88. The zero-order chi connectivity index (χ0) is 17.5. The minimum absolute atomic E-state index is 0.297. The molecular formula is C19H23NO4S. The standard InChI is InChI=1S/C19H23NO4S/c21-25(22,20-12-15-23-16-13-20)19-10-8-18(9-11-19)24-14-4-7-17-5-2-1-3-6-17/h1-3,5-6,8-11H,4,7,12-16H2. The fraction of sp³-hybridized carbons (Fsp3) is 0.368. The van der Waals surface area contributed by atoms with Crippen molar-refractivity contribution in [2.24, 2.45) is 0 Å². The van der Waals surface area contributed by atoms with E-state index < -0.39 is 10.0 Å². The van der Waals surface area contributed by atoms with E-state index in [1.165, 1.54) is 9.87 Å². The number of nitrogens with zero attached hydrogens (tertiary/aromatic N) is 1. The van der Waals surface area contributed by atoms with Crippen LogP contribution in [0.3, 0.4) is 0 Å². The Bertz CT molecular complexity index is 754. The normalized spacial score (nSPS) is 15.8. The number of morpholine rings is 1. The molecule has 5 nitrogen and oxygen atoms in total. The van der Waals surface area contributed by atoms with E-state index in [9.17, 15) is 8.42 Å². The summed E-state index contributed by atoms with van der Waals surface area (Å²) in [6, 6.07) is 16.9. The monoisotopic (exact) mass is 361 g/mol. The fourth-order valence-electron chi connectivity index (χ4n) is 2.75. The molecule has 1 fully saturated rings. The molecule has 2 aromatic rings. The van der Waals surface area contributed by atoms with Crippen molar-refractivity contribution in [2.75, 3.05) is 32.9 Å². The molecule has 2 aromatic carbocycles. The molecule has 0 spiro atoms. The molecule has 0 saturated carbocycles. The van der Waals surface area contributed by atoms with Crippen LogP contribution in [0.5, 0.6) is 5.75 Å². The predicted molar refractivity (Wildman–Crippen MR) is 96.3 cm³/mol. The maximum Gasteiger partial charge on any atom is 0.243 e. The Kier molecular flexibility index (Phi) is 6.07. The largest absolute Gasteiger partial charge is 0.494 e. The molecule has 0 amide bonds. The van der Waals surface area contributed by atoms with Crippen LogP contribution in [0.25, 0.3) is 0 Å². The average Bonchev–Trinajstić information content (AvgIpc) is 2.67. The molecule has 0 bridgehead atoms. The lowest BCUT2D eigenvalue weighted by Crippen LogP contribution is -2.40. The highest BCUT2D eigenvalue weighted by Crippen LogP contribution is 2.20. The van der Waals surface area contributed by atoms with Gasteiger partial charge in [-0.3, -0.25) is 0 Å². The average molecular weight is 361 g/mol. The van der Waals surface area contributed by atoms with Crippen molar-refractivity contribution >= 4 is 10.0 Å². The van der Waals surface area contributed by atoms with Crippen LogP contribution in [0.1, 0.15) is 12.0 Å². The molecule has 1 heterocycles. The molecule has 0 atom stereocenters. The lowest BCUT2D eigenvalue weighted by molar-refractivity contribution is 0.0730. The quantitative estimate of drug-likeness (QED) is 0.712. The summed E-state index contributed by atoms with van der Waals surface area (Å²) in [5, 5.41) is 0. The number of rotatable bonds is 7. The summed E-state index contributed by atoms with van der Waals surface area (Å²) >= 11 is 0. The highest BCUT2D eigenvalue weighted by Gasteiger charge is 2.26. The lowest BCUT2D eigenvalue weighted by Gasteiger charge is -2.26. The van der Waals surface area contributed by atoms with Gasteiger partial charge in [-0.2, -0.15) is 4.31 Å². The summed E-state index contributed by atoms with van der Waals surface area (Å²) in [4.78, 5) is 0.297. The van der Waals surface area contributed by atoms with Crippen LogP contribution in [0.4, 0.5) is 0 Å². The van der Waals surface area contributed by atoms with Gasteiger partial charge in [0.15, 0.2) is 0 Å². The summed E-state index contributed by atoms with van der Waals surface area (Å²) in [6.45, 7) is 2.30. The number of ether oxygens (including phenoxy) is 2. The van der Waals surface area contributed by atoms with Crippen LogP contribution in [0.2, 0.25) is 0 Å². The number of benzene rings is 2. The second-order valence-corrected chi connectivity index (χ2v) is 7.86. The topological polar surface area (TPSA) is 55.8 Å². The zero-order valence-electron chi connectivity index (χ0n) is 14.1. The van der Waals surface area contributed by atoms with Crippen molar-refractivity contribution in [3.8, 4) is 5.75 Å². The number of sulfonamides is 1. The molecule has 0 aliphatic carbocycles. The van der Waals surface area contributed by atoms with Gasteiger partial charge >= 0.3 is 0 Å². The molecule has 0 unspecified atom stereocenters. The molecule has 0 aromatic heterocycles. The number of aryl methyl sites for hydroxylation is 1. The van der Waals surface area contributed by atoms with Gasteiger partial charge in [0.2, 0.25) is 10.0 Å². The van der Waals surface area contributed by atoms with Crippen molar-refractivity contribution < 1.29 is 17.9 Å². The van der Waals surface area contributed by atoms with Crippen LogP contribution in [-0.4, -0.2) is 45.6 Å². The summed E-state index contributed by atoms with van der Waals surface area (Å²) in [7, 11) is -3.44. The Morgan fingerprint density at radius 1 is 0.960 bits per heavy atom. The fourth-order valence-corrected chi connectivity index (χ4v) is 4.16. The Labute approximate surface area is 149 Å². The minimum Gasteiger partial charge on any atom is -0.494 e. The maximum atomic E-state index is 12.5. The van der Waals surface area contributed by atoms with Gasteiger partial charge < -0.3 is 9.47 Å². The molecule has 0 N–H and O–H groups in total. The van der Waals surface area contributed by atoms with E-state index in [1.54, 1.807) is 24.3 Å². The molecule has 0 radical (unpaired) electrons. The first-order valence-electron chi connectivity index (χ1n) is 8.51. The van der Waals surface area contributed by atoms with Gasteiger partial charge in [-0.05, 0) is 42.7 Å². The minimum atomic E-state index is -3.44. The molecule has 134 valence electrons. The van der Waals surface area contributed by atoms with Gasteiger partial charge in [-0.1, -0.05) is 30.3 Å². The van der Waals surface area contributed by atoms with Gasteiger partial charge in [0, 0.05) is 13.1 Å². The van der Waals surface area contributed by atoms with Gasteiger partial charge in [0.25, 0.3) is 0 Å². The summed E-state index contributed by atoms with van der Waals surface area (Å²) in [5.74, 6) is 0.689. The van der Waals surface area contributed by atoms with Crippen LogP contribution in [-0.2, 0) is 21.2 Å². The van der Waals surface area contributed by atoms with Gasteiger partial charge in [0.05, 0.1) is 24.7 Å². The Hall–Kier alpha value is -1.89. The van der Waals surface area contributed by atoms with Crippen molar-refractivity contribution in [1.29, 1.82) is 0 Å². The van der Waals surface area contributed by atoms with E-state index in [4.69, 9.17) is 9.47 Å². The molecular weight excluding hydrogens is 338 g/mol. The molecule has 6 heteroatoms. The van der Waals surface area contributed by atoms with Crippen LogP contribution in [0, 0.1) is 0 Å². The summed E-state index contributed by atoms with van der Waals surface area (Å²) < 4.78 is 37.5. The van der Waals surface area contributed by atoms with Crippen molar-refractivity contribution in [2.45, 2.75) is 17.7 Å². The molecule has 3 rings (SSSR count). The first-order chi connectivity index (χ1) is 12.2. The molecule has 1 aliphatic rings. The van der Waals surface area contributed by atoms with E-state index in [0.29, 0.717) is 43.6 Å². The highest BCUT2D eigenvalue weighted by molar-refractivity contribution is 7.89. The Morgan fingerprint density at radius 2 is 1.64 bits per heavy atom. The Balaban J connectivity index is 1.51. The van der Waals surface area contributed by atoms with Gasteiger partial charge in [-0.15, -0.1) is 0 Å². The van der Waals surface area contributed by atoms with Crippen LogP contribution < -0.4 is 4.74 Å². The SMILES string of the molecule is O=S(=O)(c1ccc(OCCCc2ccccc2)cc1)N1CCOCC1. The Morgan fingerprint density at radius 3 is 2.32 bits per heavy atom. The van der Waals surface area contributed by atoms with Crippen LogP contribution >= 0.6 is 0 Å². The van der Waals surface area contributed by atoms with E-state index in [2.05, 4.69) is 12.1 Å².